The van der Waals surface area contributed by atoms with Crippen molar-refractivity contribution in [3.63, 3.8) is 0 Å². The number of hydrogen-bond acceptors (Lipinski definition) is 6. The first-order valence-electron chi connectivity index (χ1n) is 10.3. The van der Waals surface area contributed by atoms with Crippen LogP contribution in [0.4, 0.5) is 0 Å². The predicted octanol–water partition coefficient (Wildman–Crippen LogP) is 3.52. The highest BCUT2D eigenvalue weighted by atomic mass is 16.6. The number of Topliss-reactive ketones (excluding diaryl/α,β-unsaturated/α-hetero) is 2. The maximum atomic E-state index is 14.0. The lowest BCUT2D eigenvalue weighted by Crippen LogP contribution is -2.77. The lowest BCUT2D eigenvalue weighted by Gasteiger charge is -2.59. The number of hydrogen-bond donors (Lipinski definition) is 1. The Kier molecular flexibility index (Phi) is 3.66. The molecule has 3 aliphatic carbocycles. The Hall–Kier alpha value is -2.44. The fourth-order valence-electron chi connectivity index (χ4n) is 6.03. The van der Waals surface area contributed by atoms with Crippen molar-refractivity contribution >= 4 is 11.6 Å². The number of carbonyl (C=O) groups is 2. The van der Waals surface area contributed by atoms with Gasteiger partial charge < -0.3 is 19.3 Å². The van der Waals surface area contributed by atoms with E-state index in [2.05, 4.69) is 0 Å². The highest BCUT2D eigenvalue weighted by Gasteiger charge is 2.84. The van der Waals surface area contributed by atoms with E-state index in [0.717, 1.165) is 5.57 Å². The molecule has 4 bridgehead atoms. The molecule has 5 aliphatic rings. The van der Waals surface area contributed by atoms with E-state index in [1.54, 1.807) is 18.2 Å². The van der Waals surface area contributed by atoms with Crippen LogP contribution in [0.5, 0.6) is 11.5 Å². The largest absolute Gasteiger partial charge is 0.507 e. The Balaban J connectivity index is 1.87. The molecule has 4 atom stereocenters. The van der Waals surface area contributed by atoms with Gasteiger partial charge in [0.15, 0.2) is 17.0 Å². The number of methoxy groups -OCH3 is 1. The molecule has 6 heteroatoms. The molecule has 0 aromatic heterocycles. The zero-order valence-electron chi connectivity index (χ0n) is 17.9. The van der Waals surface area contributed by atoms with Crippen molar-refractivity contribution in [2.75, 3.05) is 7.11 Å². The molecule has 2 aliphatic heterocycles. The van der Waals surface area contributed by atoms with E-state index < -0.39 is 22.4 Å². The second-order valence-corrected chi connectivity index (χ2v) is 9.57. The monoisotopic (exact) mass is 410 g/mol. The normalized spacial score (nSPS) is 37.2. The van der Waals surface area contributed by atoms with Crippen LogP contribution >= 0.6 is 0 Å². The average Bonchev–Trinajstić information content (AvgIpc) is 2.84. The maximum absolute atomic E-state index is 14.0. The molecule has 1 saturated heterocycles. The zero-order valence-corrected chi connectivity index (χ0v) is 17.9. The van der Waals surface area contributed by atoms with Gasteiger partial charge in [-0.15, -0.1) is 0 Å². The lowest BCUT2D eigenvalue weighted by molar-refractivity contribution is -0.189. The van der Waals surface area contributed by atoms with Crippen LogP contribution in [-0.4, -0.2) is 46.2 Å². The maximum Gasteiger partial charge on any atom is 0.205 e. The summed E-state index contributed by atoms with van der Waals surface area (Å²) in [7, 11) is 1.49. The van der Waals surface area contributed by atoms with Crippen LogP contribution < -0.4 is 4.74 Å². The molecule has 0 radical (unpaired) electrons. The number of benzene rings is 1. The second-order valence-electron chi connectivity index (χ2n) is 9.57. The van der Waals surface area contributed by atoms with Crippen molar-refractivity contribution in [3.8, 4) is 11.5 Å². The topological polar surface area (TPSA) is 82.1 Å². The van der Waals surface area contributed by atoms with Gasteiger partial charge in [0, 0.05) is 25.0 Å². The van der Waals surface area contributed by atoms with E-state index in [1.807, 2.05) is 33.8 Å². The third kappa shape index (κ3) is 1.97. The summed E-state index contributed by atoms with van der Waals surface area (Å²) in [6.45, 7) is 7.80. The minimum atomic E-state index is -1.39. The quantitative estimate of drug-likeness (QED) is 0.768. The molecule has 6 rings (SSSR count). The number of allylic oxidation sites excluding steroid dienone is 1. The van der Waals surface area contributed by atoms with E-state index in [1.165, 1.54) is 13.2 Å². The Morgan fingerprint density at radius 1 is 1.30 bits per heavy atom. The number of ether oxygens (including phenoxy) is 3. The van der Waals surface area contributed by atoms with Gasteiger partial charge in [0.05, 0.1) is 5.60 Å². The molecule has 6 nitrogen and oxygen atoms in total. The lowest BCUT2D eigenvalue weighted by atomic mass is 9.49. The molecule has 2 heterocycles. The SMILES string of the molecule is CO[C@]12C=C3C(=O)c4c(O)cccc4O[C@@]34C(C1)C(C)(C)O[C@@]4(CC=C(C)C)C2=O. The summed E-state index contributed by atoms with van der Waals surface area (Å²) in [5.41, 5.74) is -3.13. The second kappa shape index (κ2) is 5.62. The molecule has 1 spiro atoms. The van der Waals surface area contributed by atoms with E-state index in [9.17, 15) is 14.7 Å². The first-order valence-corrected chi connectivity index (χ1v) is 10.3. The van der Waals surface area contributed by atoms with Crippen LogP contribution in [0.2, 0.25) is 0 Å². The average molecular weight is 410 g/mol. The number of phenolic OH excluding ortho intramolecular Hbond substituents is 1. The fourth-order valence-corrected chi connectivity index (χ4v) is 6.03. The minimum absolute atomic E-state index is 0.121. The van der Waals surface area contributed by atoms with Gasteiger partial charge in [-0.3, -0.25) is 9.59 Å². The summed E-state index contributed by atoms with van der Waals surface area (Å²) in [6, 6.07) is 4.76. The Morgan fingerprint density at radius 3 is 2.70 bits per heavy atom. The van der Waals surface area contributed by atoms with Crippen molar-refractivity contribution in [2.45, 2.75) is 62.9 Å². The number of phenols is 1. The van der Waals surface area contributed by atoms with Gasteiger partial charge in [-0.2, -0.15) is 0 Å². The summed E-state index contributed by atoms with van der Waals surface area (Å²) >= 11 is 0. The van der Waals surface area contributed by atoms with Gasteiger partial charge in [-0.25, -0.2) is 0 Å². The molecular weight excluding hydrogens is 384 g/mol. The number of carbonyl (C=O) groups excluding carboxylic acids is 2. The summed E-state index contributed by atoms with van der Waals surface area (Å²) in [4.78, 5) is 27.7. The van der Waals surface area contributed by atoms with Crippen LogP contribution in [0.3, 0.4) is 0 Å². The van der Waals surface area contributed by atoms with Crippen molar-refractivity contribution in [2.24, 2.45) is 5.92 Å². The fraction of sp³-hybridized carbons (Fsp3) is 0.500. The van der Waals surface area contributed by atoms with Gasteiger partial charge in [-0.1, -0.05) is 17.7 Å². The van der Waals surface area contributed by atoms with Crippen LogP contribution in [0.1, 0.15) is 50.9 Å². The zero-order chi connectivity index (χ0) is 21.7. The predicted molar refractivity (Wildman–Crippen MR) is 109 cm³/mol. The van der Waals surface area contributed by atoms with Crippen LogP contribution in [-0.2, 0) is 14.3 Å². The third-order valence-electron chi connectivity index (χ3n) is 7.31. The van der Waals surface area contributed by atoms with E-state index in [4.69, 9.17) is 14.2 Å². The van der Waals surface area contributed by atoms with E-state index >= 15 is 0 Å². The molecule has 1 saturated carbocycles. The van der Waals surface area contributed by atoms with E-state index in [0.29, 0.717) is 12.0 Å². The summed E-state index contributed by atoms with van der Waals surface area (Å²) in [5.74, 6) is -0.691. The summed E-state index contributed by atoms with van der Waals surface area (Å²) in [6.07, 6.45) is 4.22. The number of fused-ring (bicyclic) bond motifs is 1. The number of ketones is 2. The summed E-state index contributed by atoms with van der Waals surface area (Å²) < 4.78 is 19.0. The van der Waals surface area contributed by atoms with Gasteiger partial charge in [-0.05, 0) is 52.3 Å². The van der Waals surface area contributed by atoms with Crippen molar-refractivity contribution in [3.05, 3.63) is 47.1 Å². The molecule has 2 fully saturated rings. The molecule has 0 amide bonds. The van der Waals surface area contributed by atoms with Crippen LogP contribution in [0.15, 0.2) is 41.5 Å². The van der Waals surface area contributed by atoms with Gasteiger partial charge in [0.2, 0.25) is 5.78 Å². The van der Waals surface area contributed by atoms with Crippen molar-refractivity contribution in [1.82, 2.24) is 0 Å². The van der Waals surface area contributed by atoms with Crippen LogP contribution in [0.25, 0.3) is 0 Å². The van der Waals surface area contributed by atoms with Gasteiger partial charge in [0.25, 0.3) is 0 Å². The number of rotatable bonds is 3. The van der Waals surface area contributed by atoms with Gasteiger partial charge in [0.1, 0.15) is 22.7 Å². The van der Waals surface area contributed by atoms with Crippen molar-refractivity contribution < 1.29 is 28.9 Å². The van der Waals surface area contributed by atoms with E-state index in [-0.39, 0.29) is 41.0 Å². The molecule has 30 heavy (non-hydrogen) atoms. The standard InChI is InChI=1S/C24H26O6/c1-13(2)9-10-23-20(27)22(28-5)11-14-19(26)18-15(25)7-6-8-16(18)29-24(14,23)17(12-22)21(3,4)30-23/h6-9,11,17,25H,10,12H2,1-5H3/t17?,22-,23+,24-/m1/s1. The Labute approximate surface area is 175 Å². The highest BCUT2D eigenvalue weighted by Crippen LogP contribution is 2.68. The van der Waals surface area contributed by atoms with Gasteiger partial charge >= 0.3 is 0 Å². The molecule has 158 valence electrons. The smallest absolute Gasteiger partial charge is 0.205 e. The molecular formula is C24H26O6. The molecule has 1 aromatic rings. The first-order chi connectivity index (χ1) is 14.0. The van der Waals surface area contributed by atoms with Crippen LogP contribution in [0, 0.1) is 5.92 Å². The molecule has 1 aromatic carbocycles. The Morgan fingerprint density at radius 2 is 2.03 bits per heavy atom. The minimum Gasteiger partial charge on any atom is -0.507 e. The summed E-state index contributed by atoms with van der Waals surface area (Å²) in [5, 5.41) is 10.4. The first kappa shape index (κ1) is 19.5. The molecule has 1 unspecified atom stereocenters. The highest BCUT2D eigenvalue weighted by molar-refractivity contribution is 6.19. The number of aromatic hydroxyl groups is 1. The molecule has 1 N–H and O–H groups in total. The third-order valence-corrected chi connectivity index (χ3v) is 7.31. The Bertz CT molecular complexity index is 1060. The van der Waals surface area contributed by atoms with Crippen molar-refractivity contribution in [1.29, 1.82) is 0 Å².